The van der Waals surface area contributed by atoms with Crippen molar-refractivity contribution in [3.63, 3.8) is 0 Å². The molecule has 222 valence electrons. The molecule has 0 saturated carbocycles. The second-order valence-electron chi connectivity index (χ2n) is 9.32. The van der Waals surface area contributed by atoms with Crippen LogP contribution in [0.5, 0.6) is 0 Å². The second kappa shape index (κ2) is 14.5. The maximum Gasteiger partial charge on any atom is 0.490 e. The summed E-state index contributed by atoms with van der Waals surface area (Å²) in [7, 11) is -3.90. The fourth-order valence-electron chi connectivity index (χ4n) is 4.09. The van der Waals surface area contributed by atoms with Crippen LogP contribution in [0.4, 0.5) is 22.0 Å². The monoisotopic (exact) mass is 599 g/mol. The van der Waals surface area contributed by atoms with Gasteiger partial charge in [-0.1, -0.05) is 42.5 Å². The average molecular weight is 600 g/mol. The first kappa shape index (κ1) is 32.1. The Morgan fingerprint density at radius 3 is 1.88 bits per heavy atom. The Balaban J connectivity index is 0.000000587. The summed E-state index contributed by atoms with van der Waals surface area (Å²) < 4.78 is 87.0. The molecule has 1 fully saturated rings. The van der Waals surface area contributed by atoms with Crippen LogP contribution < -0.4 is 10.0 Å². The van der Waals surface area contributed by atoms with Crippen LogP contribution >= 0.6 is 0 Å². The highest BCUT2D eigenvalue weighted by molar-refractivity contribution is 7.89. The summed E-state index contributed by atoms with van der Waals surface area (Å²) in [5.41, 5.74) is 3.45. The van der Waals surface area contributed by atoms with Crippen molar-refractivity contribution in [3.05, 3.63) is 89.5 Å². The zero-order valence-corrected chi connectivity index (χ0v) is 22.7. The predicted octanol–water partition coefficient (Wildman–Crippen LogP) is 4.93. The van der Waals surface area contributed by atoms with Crippen LogP contribution in [0.3, 0.4) is 0 Å². The first-order valence-electron chi connectivity index (χ1n) is 12.7. The second-order valence-corrected chi connectivity index (χ2v) is 11.1. The standard InChI is InChI=1S/C26H29F2N3O2S.C2HF3O2/c27-24-10-5-21(6-11-24)19-29-18-20-3-7-22(8-4-20)23-9-12-26(25(28)17-23)34(32,33)30-13-16-31-14-1-2-15-31;3-2(4,5)1(6)7/h3-12,17,29-30H,1-2,13-16,18-19H2;(H,6,7). The van der Waals surface area contributed by atoms with Crippen LogP contribution in [0.15, 0.2) is 71.6 Å². The molecule has 13 heteroatoms. The van der Waals surface area contributed by atoms with Gasteiger partial charge in [-0.2, -0.15) is 13.2 Å². The minimum Gasteiger partial charge on any atom is -0.475 e. The third-order valence-corrected chi connectivity index (χ3v) is 7.74. The number of hydrogen-bond donors (Lipinski definition) is 3. The van der Waals surface area contributed by atoms with E-state index in [4.69, 9.17) is 9.90 Å². The largest absolute Gasteiger partial charge is 0.490 e. The number of benzene rings is 3. The topological polar surface area (TPSA) is 98.7 Å². The maximum atomic E-state index is 14.7. The smallest absolute Gasteiger partial charge is 0.475 e. The number of aliphatic carboxylic acids is 1. The van der Waals surface area contributed by atoms with Crippen molar-refractivity contribution in [3.8, 4) is 11.1 Å². The van der Waals surface area contributed by atoms with Crippen molar-refractivity contribution >= 4 is 16.0 Å². The SMILES string of the molecule is O=C(O)C(F)(F)F.O=S(=O)(NCCN1CCCC1)c1ccc(-c2ccc(CNCc3ccc(F)cc3)cc2)cc1F. The molecule has 3 aromatic carbocycles. The normalized spacial score (nSPS) is 14.0. The third kappa shape index (κ3) is 10.2. The average Bonchev–Trinajstić information content (AvgIpc) is 3.43. The highest BCUT2D eigenvalue weighted by Gasteiger charge is 2.38. The lowest BCUT2D eigenvalue weighted by Gasteiger charge is -2.15. The number of rotatable bonds is 10. The molecule has 0 aromatic heterocycles. The minimum absolute atomic E-state index is 0.254. The van der Waals surface area contributed by atoms with Crippen LogP contribution in [0.1, 0.15) is 24.0 Å². The van der Waals surface area contributed by atoms with Gasteiger partial charge in [-0.3, -0.25) is 0 Å². The van der Waals surface area contributed by atoms with Gasteiger partial charge in [-0.05, 0) is 72.5 Å². The van der Waals surface area contributed by atoms with E-state index in [1.807, 2.05) is 24.3 Å². The van der Waals surface area contributed by atoms with E-state index in [9.17, 15) is 30.4 Å². The van der Waals surface area contributed by atoms with Crippen molar-refractivity contribution in [1.82, 2.24) is 14.9 Å². The highest BCUT2D eigenvalue weighted by Crippen LogP contribution is 2.24. The third-order valence-electron chi connectivity index (χ3n) is 6.24. The molecule has 0 radical (unpaired) electrons. The fourth-order valence-corrected chi connectivity index (χ4v) is 5.17. The lowest BCUT2D eigenvalue weighted by atomic mass is 10.0. The molecule has 1 heterocycles. The van der Waals surface area contributed by atoms with Gasteiger partial charge < -0.3 is 15.3 Å². The van der Waals surface area contributed by atoms with Gasteiger partial charge in [-0.15, -0.1) is 0 Å². The number of carbonyl (C=O) groups is 1. The summed E-state index contributed by atoms with van der Waals surface area (Å²) in [6, 6.07) is 18.2. The van der Waals surface area contributed by atoms with Gasteiger partial charge in [0.1, 0.15) is 16.5 Å². The van der Waals surface area contributed by atoms with E-state index in [2.05, 4.69) is 14.9 Å². The Morgan fingerprint density at radius 1 is 0.854 bits per heavy atom. The van der Waals surface area contributed by atoms with E-state index >= 15 is 0 Å². The molecule has 0 bridgehead atoms. The summed E-state index contributed by atoms with van der Waals surface area (Å²) in [5, 5.41) is 10.4. The van der Waals surface area contributed by atoms with E-state index in [0.29, 0.717) is 25.2 Å². The van der Waals surface area contributed by atoms with E-state index in [-0.39, 0.29) is 17.3 Å². The summed E-state index contributed by atoms with van der Waals surface area (Å²) in [5.74, 6) is -3.78. The number of likely N-dealkylation sites (tertiary alicyclic amines) is 1. The van der Waals surface area contributed by atoms with Crippen LogP contribution in [0.25, 0.3) is 11.1 Å². The lowest BCUT2D eigenvalue weighted by Crippen LogP contribution is -2.33. The van der Waals surface area contributed by atoms with Crippen LogP contribution in [0.2, 0.25) is 0 Å². The number of sulfonamides is 1. The number of nitrogens with zero attached hydrogens (tertiary/aromatic N) is 1. The molecule has 0 amide bonds. The zero-order valence-electron chi connectivity index (χ0n) is 21.9. The predicted molar refractivity (Wildman–Crippen MR) is 143 cm³/mol. The molecule has 41 heavy (non-hydrogen) atoms. The number of alkyl halides is 3. The fraction of sp³-hybridized carbons (Fsp3) is 0.321. The lowest BCUT2D eigenvalue weighted by molar-refractivity contribution is -0.192. The van der Waals surface area contributed by atoms with Crippen molar-refractivity contribution < 1.29 is 40.3 Å². The molecule has 0 aliphatic carbocycles. The molecule has 1 saturated heterocycles. The first-order chi connectivity index (χ1) is 19.3. The summed E-state index contributed by atoms with van der Waals surface area (Å²) in [6.07, 6.45) is -2.81. The van der Waals surface area contributed by atoms with Crippen molar-refractivity contribution in [2.75, 3.05) is 26.2 Å². The molecule has 4 rings (SSSR count). The summed E-state index contributed by atoms with van der Waals surface area (Å²) in [6.45, 7) is 4.10. The van der Waals surface area contributed by atoms with Gasteiger partial charge in [0.05, 0.1) is 0 Å². The van der Waals surface area contributed by atoms with E-state index in [1.165, 1.54) is 24.3 Å². The van der Waals surface area contributed by atoms with Crippen molar-refractivity contribution in [2.24, 2.45) is 0 Å². The van der Waals surface area contributed by atoms with Crippen molar-refractivity contribution in [2.45, 2.75) is 37.0 Å². The first-order valence-corrected chi connectivity index (χ1v) is 14.2. The van der Waals surface area contributed by atoms with Crippen molar-refractivity contribution in [1.29, 1.82) is 0 Å². The molecule has 1 aliphatic rings. The Bertz CT molecular complexity index is 1390. The Hall–Kier alpha value is -3.39. The van der Waals surface area contributed by atoms with Gasteiger partial charge in [0.15, 0.2) is 0 Å². The van der Waals surface area contributed by atoms with Gasteiger partial charge in [-0.25, -0.2) is 26.7 Å². The van der Waals surface area contributed by atoms with E-state index in [1.54, 1.807) is 18.2 Å². The molecule has 3 N–H and O–H groups in total. The maximum absolute atomic E-state index is 14.7. The molecule has 7 nitrogen and oxygen atoms in total. The quantitative estimate of drug-likeness (QED) is 0.286. The molecule has 0 atom stereocenters. The Morgan fingerprint density at radius 2 is 1.37 bits per heavy atom. The minimum atomic E-state index is -5.08. The van der Waals surface area contributed by atoms with E-state index < -0.39 is 28.0 Å². The summed E-state index contributed by atoms with van der Waals surface area (Å²) in [4.78, 5) is 10.8. The molecule has 1 aliphatic heterocycles. The van der Waals surface area contributed by atoms with Gasteiger partial charge in [0, 0.05) is 26.2 Å². The number of carboxylic acids is 1. The highest BCUT2D eigenvalue weighted by atomic mass is 32.2. The molecular formula is C28H30F5N3O4S. The van der Waals surface area contributed by atoms with Gasteiger partial charge >= 0.3 is 12.1 Å². The summed E-state index contributed by atoms with van der Waals surface area (Å²) >= 11 is 0. The number of hydrogen-bond acceptors (Lipinski definition) is 5. The number of carboxylic acid groups (broad SMARTS) is 1. The molecule has 0 unspecified atom stereocenters. The van der Waals surface area contributed by atoms with Crippen LogP contribution in [0, 0.1) is 11.6 Å². The van der Waals surface area contributed by atoms with Gasteiger partial charge in [0.25, 0.3) is 0 Å². The molecular weight excluding hydrogens is 569 g/mol. The molecule has 0 spiro atoms. The van der Waals surface area contributed by atoms with E-state index in [0.717, 1.165) is 42.6 Å². The Labute approximate surface area is 235 Å². The number of nitrogens with one attached hydrogen (secondary N) is 2. The molecule has 3 aromatic rings. The Kier molecular flexibility index (Phi) is 11.4. The van der Waals surface area contributed by atoms with Crippen LogP contribution in [-0.4, -0.2) is 56.7 Å². The van der Waals surface area contributed by atoms with Crippen LogP contribution in [-0.2, 0) is 27.9 Å². The number of halogens is 5. The zero-order chi connectivity index (χ0) is 30.0. The van der Waals surface area contributed by atoms with Gasteiger partial charge in [0.2, 0.25) is 10.0 Å².